The van der Waals surface area contributed by atoms with Crippen molar-refractivity contribution in [1.82, 2.24) is 19.9 Å². The van der Waals surface area contributed by atoms with Crippen molar-refractivity contribution in [3.8, 4) is 0 Å². The third-order valence-corrected chi connectivity index (χ3v) is 4.61. The van der Waals surface area contributed by atoms with Crippen LogP contribution >= 0.6 is 37.2 Å². The fourth-order valence-corrected chi connectivity index (χ4v) is 3.42. The number of nitrogens with one attached hydrogen (secondary N) is 2. The Morgan fingerprint density at radius 2 is 1.80 bits per heavy atom. The molecule has 2 aromatic rings. The number of hydrogen-bond acceptors (Lipinski definition) is 5. The van der Waals surface area contributed by atoms with Gasteiger partial charge >= 0.3 is 5.69 Å². The molecule has 0 aromatic carbocycles. The van der Waals surface area contributed by atoms with Gasteiger partial charge in [0.2, 0.25) is 0 Å². The van der Waals surface area contributed by atoms with Gasteiger partial charge in [0.05, 0.1) is 30.6 Å². The van der Waals surface area contributed by atoms with Crippen LogP contribution in [0.2, 0.25) is 0 Å². The minimum absolute atomic E-state index is 0. The molecule has 2 aromatic heterocycles. The van der Waals surface area contributed by atoms with E-state index in [2.05, 4.69) is 26.3 Å². The predicted octanol–water partition coefficient (Wildman–Crippen LogP) is 1.75. The number of anilines is 1. The molecule has 0 radical (unpaired) electrons. The third-order valence-electron chi connectivity index (χ3n) is 4.61. The van der Waals surface area contributed by atoms with Gasteiger partial charge < -0.3 is 15.0 Å². The highest BCUT2D eigenvalue weighted by molar-refractivity contribution is 5.86. The van der Waals surface area contributed by atoms with E-state index in [-0.39, 0.29) is 49.0 Å². The highest BCUT2D eigenvalue weighted by Gasteiger charge is 2.21. The van der Waals surface area contributed by atoms with Crippen molar-refractivity contribution >= 4 is 54.1 Å². The monoisotopic (exact) mass is 411 g/mol. The van der Waals surface area contributed by atoms with Crippen molar-refractivity contribution in [2.24, 2.45) is 0 Å². The van der Waals surface area contributed by atoms with E-state index in [1.54, 1.807) is 0 Å². The van der Waals surface area contributed by atoms with Gasteiger partial charge in [0, 0.05) is 19.1 Å². The molecule has 2 N–H and O–H groups in total. The molecule has 0 aliphatic carbocycles. The van der Waals surface area contributed by atoms with Crippen molar-refractivity contribution in [3.63, 3.8) is 0 Å². The summed E-state index contributed by atoms with van der Waals surface area (Å²) in [6, 6.07) is 2.34. The molecule has 10 heteroatoms. The average molecular weight is 413 g/mol. The Labute approximate surface area is 164 Å². The van der Waals surface area contributed by atoms with Crippen LogP contribution in [0.5, 0.6) is 0 Å². The second-order valence-electron chi connectivity index (χ2n) is 5.94. The summed E-state index contributed by atoms with van der Waals surface area (Å²) in [7, 11) is 0. The zero-order chi connectivity index (χ0) is 14.9. The predicted molar refractivity (Wildman–Crippen MR) is 106 cm³/mol. The van der Waals surface area contributed by atoms with Gasteiger partial charge in [-0.1, -0.05) is 0 Å². The third kappa shape index (κ3) is 4.41. The van der Waals surface area contributed by atoms with Crippen LogP contribution in [-0.2, 0) is 4.74 Å². The molecule has 2 aliphatic heterocycles. The SMILES string of the molecule is Cl.Cl.Cl.O=c1[nH]c2ncc(N3CCOCC3)cc2n1C1CCNCC1. The van der Waals surface area contributed by atoms with E-state index >= 15 is 0 Å². The van der Waals surface area contributed by atoms with Crippen LogP contribution < -0.4 is 15.9 Å². The molecule has 2 saturated heterocycles. The fraction of sp³-hybridized carbons (Fsp3) is 0.600. The number of nitrogens with zero attached hydrogens (tertiary/aromatic N) is 3. The molecule has 0 spiro atoms. The Morgan fingerprint density at radius 1 is 1.12 bits per heavy atom. The van der Waals surface area contributed by atoms with E-state index in [0.717, 1.165) is 63.4 Å². The Balaban J connectivity index is 0.00000104. The van der Waals surface area contributed by atoms with Crippen LogP contribution in [0.3, 0.4) is 0 Å². The van der Waals surface area contributed by atoms with Crippen molar-refractivity contribution in [1.29, 1.82) is 0 Å². The van der Waals surface area contributed by atoms with Crippen molar-refractivity contribution in [2.45, 2.75) is 18.9 Å². The molecule has 25 heavy (non-hydrogen) atoms. The lowest BCUT2D eigenvalue weighted by atomic mass is 10.1. The lowest BCUT2D eigenvalue weighted by Gasteiger charge is -2.29. The van der Waals surface area contributed by atoms with Crippen LogP contribution in [-0.4, -0.2) is 53.9 Å². The number of fused-ring (bicyclic) bond motifs is 1. The summed E-state index contributed by atoms with van der Waals surface area (Å²) in [6.45, 7) is 5.14. The standard InChI is InChI=1S/C15H21N5O2.3ClH/c21-15-18-14-13(20(15)11-1-3-16-4-2-11)9-12(10-17-14)19-5-7-22-8-6-19;;;/h9-11,16H,1-8H2,(H,17,18,21);3*1H. The lowest BCUT2D eigenvalue weighted by Crippen LogP contribution is -2.36. The summed E-state index contributed by atoms with van der Waals surface area (Å²) in [5, 5.41) is 3.34. The summed E-state index contributed by atoms with van der Waals surface area (Å²) in [4.78, 5) is 21.9. The van der Waals surface area contributed by atoms with Gasteiger partial charge in [0.25, 0.3) is 0 Å². The van der Waals surface area contributed by atoms with Gasteiger partial charge in [-0.2, -0.15) is 0 Å². The maximum absolute atomic E-state index is 12.3. The maximum Gasteiger partial charge on any atom is 0.327 e. The number of piperidine rings is 1. The van der Waals surface area contributed by atoms with Gasteiger partial charge in [-0.3, -0.25) is 9.55 Å². The number of morpholine rings is 1. The molecule has 0 bridgehead atoms. The molecule has 0 amide bonds. The van der Waals surface area contributed by atoms with Crippen LogP contribution in [0.25, 0.3) is 11.2 Å². The number of rotatable bonds is 2. The van der Waals surface area contributed by atoms with Crippen LogP contribution in [0.4, 0.5) is 5.69 Å². The van der Waals surface area contributed by atoms with E-state index in [0.29, 0.717) is 5.65 Å². The molecular weight excluding hydrogens is 389 g/mol. The van der Waals surface area contributed by atoms with Gasteiger partial charge in [-0.05, 0) is 32.0 Å². The molecule has 7 nitrogen and oxygen atoms in total. The van der Waals surface area contributed by atoms with E-state index in [9.17, 15) is 4.79 Å². The molecule has 142 valence electrons. The maximum atomic E-state index is 12.3. The molecular formula is C15H24Cl3N5O2. The molecule has 0 saturated carbocycles. The minimum atomic E-state index is -0.0477. The first-order valence-electron chi connectivity index (χ1n) is 7.96. The zero-order valence-corrected chi connectivity index (χ0v) is 16.2. The first-order valence-corrected chi connectivity index (χ1v) is 7.96. The zero-order valence-electron chi connectivity index (χ0n) is 13.8. The first-order chi connectivity index (χ1) is 10.8. The van der Waals surface area contributed by atoms with Crippen molar-refractivity contribution in [2.75, 3.05) is 44.3 Å². The number of aromatic amines is 1. The van der Waals surface area contributed by atoms with Crippen LogP contribution in [0.1, 0.15) is 18.9 Å². The van der Waals surface area contributed by atoms with E-state index in [1.165, 1.54) is 0 Å². The Bertz CT molecular complexity index is 724. The number of halogens is 3. The second-order valence-corrected chi connectivity index (χ2v) is 5.94. The molecule has 2 fully saturated rings. The number of pyridine rings is 1. The fourth-order valence-electron chi connectivity index (χ4n) is 3.42. The van der Waals surface area contributed by atoms with Gasteiger partial charge in [-0.15, -0.1) is 37.2 Å². The molecule has 0 atom stereocenters. The Hall–Kier alpha value is -0.990. The van der Waals surface area contributed by atoms with Crippen molar-refractivity contribution < 1.29 is 4.74 Å². The lowest BCUT2D eigenvalue weighted by molar-refractivity contribution is 0.122. The normalized spacial score (nSPS) is 18.2. The topological polar surface area (TPSA) is 75.2 Å². The van der Waals surface area contributed by atoms with Gasteiger partial charge in [0.15, 0.2) is 5.65 Å². The van der Waals surface area contributed by atoms with Gasteiger partial charge in [0.1, 0.15) is 0 Å². The van der Waals surface area contributed by atoms with E-state index < -0.39 is 0 Å². The Kier molecular flexibility index (Phi) is 8.50. The average Bonchev–Trinajstić information content (AvgIpc) is 2.91. The number of aromatic nitrogens is 3. The second kappa shape index (κ2) is 9.64. The van der Waals surface area contributed by atoms with Crippen molar-refractivity contribution in [3.05, 3.63) is 22.7 Å². The molecule has 4 rings (SSSR count). The van der Waals surface area contributed by atoms with E-state index in [1.807, 2.05) is 10.8 Å². The minimum Gasteiger partial charge on any atom is -0.378 e. The highest BCUT2D eigenvalue weighted by Crippen LogP contribution is 2.24. The van der Waals surface area contributed by atoms with Gasteiger partial charge in [-0.25, -0.2) is 9.78 Å². The summed E-state index contributed by atoms with van der Waals surface area (Å²) >= 11 is 0. The van der Waals surface area contributed by atoms with Crippen LogP contribution in [0, 0.1) is 0 Å². The summed E-state index contributed by atoms with van der Waals surface area (Å²) < 4.78 is 7.30. The summed E-state index contributed by atoms with van der Waals surface area (Å²) in [5.41, 5.74) is 2.62. The van der Waals surface area contributed by atoms with Crippen LogP contribution in [0.15, 0.2) is 17.1 Å². The smallest absolute Gasteiger partial charge is 0.327 e. The number of H-pyrrole nitrogens is 1. The quantitative estimate of drug-likeness (QED) is 0.786. The highest BCUT2D eigenvalue weighted by atomic mass is 35.5. The summed E-state index contributed by atoms with van der Waals surface area (Å²) in [5.74, 6) is 0. The number of hydrogen-bond donors (Lipinski definition) is 2. The number of ether oxygens (including phenoxy) is 1. The Morgan fingerprint density at radius 3 is 2.48 bits per heavy atom. The first kappa shape index (κ1) is 22.1. The number of imidazole rings is 1. The molecule has 2 aliphatic rings. The molecule has 0 unspecified atom stereocenters. The van der Waals surface area contributed by atoms with E-state index in [4.69, 9.17) is 4.74 Å². The largest absolute Gasteiger partial charge is 0.378 e. The molecule has 4 heterocycles. The summed E-state index contributed by atoms with van der Waals surface area (Å²) in [6.07, 6.45) is 3.81.